The first-order chi connectivity index (χ1) is 14.5. The fourth-order valence-electron chi connectivity index (χ4n) is 3.53. The predicted octanol–water partition coefficient (Wildman–Crippen LogP) is 1.27. The van der Waals surface area contributed by atoms with Crippen LogP contribution >= 0.6 is 11.6 Å². The van der Waals surface area contributed by atoms with Gasteiger partial charge in [0.2, 0.25) is 5.88 Å². The fraction of sp³-hybridized carbons (Fsp3) is 0.400. The van der Waals surface area contributed by atoms with Crippen molar-refractivity contribution >= 4 is 30.3 Å². The first-order valence-corrected chi connectivity index (χ1v) is 9.90. The van der Waals surface area contributed by atoms with Gasteiger partial charge in [0, 0.05) is 22.2 Å². The molecule has 1 aliphatic heterocycles. The van der Waals surface area contributed by atoms with E-state index in [4.69, 9.17) is 25.8 Å². The Kier molecular flexibility index (Phi) is 6.38. The van der Waals surface area contributed by atoms with E-state index in [1.165, 1.54) is 25.4 Å². The number of aromatic nitrogens is 1. The largest absolute Gasteiger partial charge is 0.490 e. The van der Waals surface area contributed by atoms with Gasteiger partial charge in [0.05, 0.1) is 19.2 Å². The van der Waals surface area contributed by atoms with E-state index in [1.54, 1.807) is 32.9 Å². The summed E-state index contributed by atoms with van der Waals surface area (Å²) in [5.74, 6) is 0.342. The van der Waals surface area contributed by atoms with Gasteiger partial charge in [0.25, 0.3) is 0 Å². The number of nitrogens with one attached hydrogen (secondary N) is 1. The van der Waals surface area contributed by atoms with E-state index in [-0.39, 0.29) is 34.2 Å². The van der Waals surface area contributed by atoms with Crippen LogP contribution < -0.4 is 20.3 Å². The number of carbonyl (C=O) groups is 1. The number of hydrogen-bond donors (Lipinski definition) is 4. The van der Waals surface area contributed by atoms with Crippen molar-refractivity contribution in [3.05, 3.63) is 46.6 Å². The molecule has 0 spiro atoms. The summed E-state index contributed by atoms with van der Waals surface area (Å²) in [5.41, 5.74) is -1.99. The normalized spacial score (nSPS) is 19.9. The van der Waals surface area contributed by atoms with E-state index < -0.39 is 30.5 Å². The molecular formula is C20H24BClN2O7. The molecule has 0 saturated carbocycles. The monoisotopic (exact) mass is 450 g/mol. The van der Waals surface area contributed by atoms with E-state index in [1.807, 2.05) is 0 Å². The smallest absolute Gasteiger partial charge is 0.481 e. The Morgan fingerprint density at radius 2 is 2.06 bits per heavy atom. The molecule has 9 nitrogen and oxygen atoms in total. The van der Waals surface area contributed by atoms with Gasteiger partial charge in [-0.3, -0.25) is 0 Å². The average molecular weight is 451 g/mol. The maximum atomic E-state index is 12.3. The van der Waals surface area contributed by atoms with Gasteiger partial charge in [-0.2, -0.15) is 0 Å². The predicted molar refractivity (Wildman–Crippen MR) is 114 cm³/mol. The highest BCUT2D eigenvalue weighted by Crippen LogP contribution is 2.50. The third-order valence-corrected chi connectivity index (χ3v) is 5.10. The van der Waals surface area contributed by atoms with Crippen LogP contribution in [0.5, 0.6) is 11.6 Å². The van der Waals surface area contributed by atoms with Crippen LogP contribution in [0.1, 0.15) is 38.0 Å². The highest BCUT2D eigenvalue weighted by Gasteiger charge is 2.53. The van der Waals surface area contributed by atoms with Crippen LogP contribution in [-0.4, -0.2) is 52.6 Å². The number of amides is 1. The molecule has 2 atom stereocenters. The second-order valence-electron chi connectivity index (χ2n) is 8.06. The van der Waals surface area contributed by atoms with Crippen LogP contribution in [0.2, 0.25) is 5.02 Å². The number of hydrogen-bond acceptors (Lipinski definition) is 8. The Morgan fingerprint density at radius 1 is 1.35 bits per heavy atom. The minimum Gasteiger partial charge on any atom is -0.481 e. The van der Waals surface area contributed by atoms with Crippen molar-refractivity contribution in [1.82, 2.24) is 10.3 Å². The lowest BCUT2D eigenvalue weighted by atomic mass is 9.73. The van der Waals surface area contributed by atoms with E-state index in [9.17, 15) is 19.9 Å². The molecule has 4 N–H and O–H groups in total. The van der Waals surface area contributed by atoms with Gasteiger partial charge in [0.1, 0.15) is 17.5 Å². The molecule has 1 amide bonds. The lowest BCUT2D eigenvalue weighted by molar-refractivity contribution is -0.0352. The van der Waals surface area contributed by atoms with Crippen LogP contribution in [-0.2, 0) is 10.3 Å². The summed E-state index contributed by atoms with van der Waals surface area (Å²) in [5, 5.41) is 33.7. The van der Waals surface area contributed by atoms with Crippen molar-refractivity contribution < 1.29 is 34.2 Å². The minimum atomic E-state index is -1.95. The Bertz CT molecular complexity index is 982. The number of fused-ring (bicyclic) bond motifs is 1. The number of rotatable bonds is 5. The standard InChI is InChI=1S/C20H24BClN2O7/c1-19(2,3)31-18(26)24-10-20(11-6-5-9-23-17(11)29-4)16(25)14-13(30-20)8-7-12(22)15(14)21(27)28/h5-9,16,25,27-28H,10H2,1-4H3,(H,24,26)/t16-,20+/m0/s1. The second-order valence-corrected chi connectivity index (χ2v) is 8.46. The van der Waals surface area contributed by atoms with E-state index in [2.05, 4.69) is 10.3 Å². The van der Waals surface area contributed by atoms with Crippen molar-refractivity contribution in [3.63, 3.8) is 0 Å². The molecule has 3 rings (SSSR count). The zero-order valence-electron chi connectivity index (χ0n) is 17.5. The molecule has 1 aromatic carbocycles. The molecule has 0 aliphatic carbocycles. The lowest BCUT2D eigenvalue weighted by Gasteiger charge is -2.33. The first kappa shape index (κ1) is 23.1. The molecule has 0 fully saturated rings. The summed E-state index contributed by atoms with van der Waals surface area (Å²) in [4.78, 5) is 16.5. The third-order valence-electron chi connectivity index (χ3n) is 4.77. The number of halogens is 1. The molecular weight excluding hydrogens is 426 g/mol. The zero-order chi connectivity index (χ0) is 23.0. The number of ether oxygens (including phenoxy) is 3. The van der Waals surface area contributed by atoms with Crippen LogP contribution in [0.3, 0.4) is 0 Å². The van der Waals surface area contributed by atoms with Gasteiger partial charge < -0.3 is 34.7 Å². The Hall–Kier alpha value is -2.53. The molecule has 31 heavy (non-hydrogen) atoms. The van der Waals surface area contributed by atoms with Crippen molar-refractivity contribution in [3.8, 4) is 11.6 Å². The summed E-state index contributed by atoms with van der Waals surface area (Å²) in [7, 11) is -0.541. The molecule has 0 bridgehead atoms. The molecule has 0 unspecified atom stereocenters. The molecule has 0 radical (unpaired) electrons. The third kappa shape index (κ3) is 4.43. The Balaban J connectivity index is 2.10. The number of pyridine rings is 1. The summed E-state index contributed by atoms with van der Waals surface area (Å²) in [6.07, 6.45) is -0.668. The maximum Gasteiger partial charge on any atom is 0.490 e. The number of alkyl carbamates (subject to hydrolysis) is 1. The number of aliphatic hydroxyl groups is 1. The topological polar surface area (TPSA) is 130 Å². The van der Waals surface area contributed by atoms with Gasteiger partial charge in [-0.05, 0) is 45.0 Å². The summed E-state index contributed by atoms with van der Waals surface area (Å²) in [6.45, 7) is 4.93. The van der Waals surface area contributed by atoms with Crippen LogP contribution in [0.25, 0.3) is 0 Å². The lowest BCUT2D eigenvalue weighted by Crippen LogP contribution is -2.48. The fourth-order valence-corrected chi connectivity index (χ4v) is 3.79. The quantitative estimate of drug-likeness (QED) is 0.501. The van der Waals surface area contributed by atoms with Crippen LogP contribution in [0.4, 0.5) is 4.79 Å². The van der Waals surface area contributed by atoms with Gasteiger partial charge in [-0.15, -0.1) is 0 Å². The molecule has 11 heteroatoms. The van der Waals surface area contributed by atoms with Crippen molar-refractivity contribution in [2.24, 2.45) is 0 Å². The number of methoxy groups -OCH3 is 1. The molecule has 166 valence electrons. The van der Waals surface area contributed by atoms with Crippen molar-refractivity contribution in [1.29, 1.82) is 0 Å². The summed E-state index contributed by atoms with van der Waals surface area (Å²) >= 11 is 6.15. The average Bonchev–Trinajstić information content (AvgIpc) is 2.97. The molecule has 1 aromatic heterocycles. The number of aliphatic hydroxyl groups excluding tert-OH is 1. The van der Waals surface area contributed by atoms with Gasteiger partial charge in [-0.25, -0.2) is 9.78 Å². The first-order valence-electron chi connectivity index (χ1n) is 9.52. The van der Waals surface area contributed by atoms with E-state index in [0.717, 1.165) is 0 Å². The van der Waals surface area contributed by atoms with Crippen LogP contribution in [0.15, 0.2) is 30.5 Å². The van der Waals surface area contributed by atoms with Crippen molar-refractivity contribution in [2.75, 3.05) is 13.7 Å². The van der Waals surface area contributed by atoms with Gasteiger partial charge in [0.15, 0.2) is 5.60 Å². The molecule has 1 aliphatic rings. The number of carbonyl (C=O) groups excluding carboxylic acids is 1. The maximum absolute atomic E-state index is 12.3. The Labute approximate surface area is 185 Å². The number of benzene rings is 1. The van der Waals surface area contributed by atoms with Gasteiger partial charge in [-0.1, -0.05) is 11.6 Å². The van der Waals surface area contributed by atoms with E-state index >= 15 is 0 Å². The van der Waals surface area contributed by atoms with E-state index in [0.29, 0.717) is 5.56 Å². The zero-order valence-corrected chi connectivity index (χ0v) is 18.3. The molecule has 2 heterocycles. The van der Waals surface area contributed by atoms with Crippen molar-refractivity contribution in [2.45, 2.75) is 38.1 Å². The summed E-state index contributed by atoms with van der Waals surface area (Å²) < 4.78 is 16.8. The highest BCUT2D eigenvalue weighted by atomic mass is 35.5. The minimum absolute atomic E-state index is 0.0467. The summed E-state index contributed by atoms with van der Waals surface area (Å²) in [6, 6.07) is 6.19. The van der Waals surface area contributed by atoms with Gasteiger partial charge >= 0.3 is 13.2 Å². The molecule has 2 aromatic rings. The molecule has 0 saturated heterocycles. The Morgan fingerprint density at radius 3 is 2.68 bits per heavy atom. The number of nitrogens with zero attached hydrogens (tertiary/aromatic N) is 1. The van der Waals surface area contributed by atoms with Crippen LogP contribution in [0, 0.1) is 0 Å². The highest BCUT2D eigenvalue weighted by molar-refractivity contribution is 6.63. The second kappa shape index (κ2) is 8.54. The SMILES string of the molecule is COc1ncccc1[C@@]1(CNC(=O)OC(C)(C)C)Oc2ccc(Cl)c(B(O)O)c2[C@@H]1O.